The number of aromatic nitrogens is 1. The summed E-state index contributed by atoms with van der Waals surface area (Å²) in [5.74, 6) is 1.58. The molecule has 0 unspecified atom stereocenters. The molecule has 0 atom stereocenters. The minimum absolute atomic E-state index is 0.664. The van der Waals surface area contributed by atoms with E-state index >= 15 is 0 Å². The molecule has 4 nitrogen and oxygen atoms in total. The summed E-state index contributed by atoms with van der Waals surface area (Å²) in [7, 11) is 0. The third-order valence-electron chi connectivity index (χ3n) is 3.17. The van der Waals surface area contributed by atoms with Gasteiger partial charge in [-0.05, 0) is 59.1 Å². The van der Waals surface area contributed by atoms with Crippen LogP contribution in [-0.4, -0.2) is 24.7 Å². The fraction of sp³-hybridized carbons (Fsp3) is 0.389. The van der Waals surface area contributed by atoms with E-state index in [9.17, 15) is 0 Å². The van der Waals surface area contributed by atoms with Gasteiger partial charge in [0.2, 0.25) is 5.88 Å². The Labute approximate surface area is 146 Å². The van der Waals surface area contributed by atoms with Crippen molar-refractivity contribution in [2.24, 2.45) is 0 Å². The standard InChI is InChI=1S/C18H23BrN2O2/c1-2-11-22-17-8-7-15(13-16(17)19)14-20-9-5-12-23-18-6-3-4-10-21-18/h3-4,6-8,10,13,20H,2,5,9,11-12,14H2,1H3. The SMILES string of the molecule is CCCOc1ccc(CNCCCOc2ccccn2)cc1Br. The molecule has 0 aliphatic rings. The molecular weight excluding hydrogens is 356 g/mol. The average molecular weight is 379 g/mol. The molecular formula is C18H23BrN2O2. The molecule has 0 aliphatic heterocycles. The number of hydrogen-bond donors (Lipinski definition) is 1. The van der Waals surface area contributed by atoms with Gasteiger partial charge in [-0.1, -0.05) is 19.1 Å². The quantitative estimate of drug-likeness (QED) is 0.629. The summed E-state index contributed by atoms with van der Waals surface area (Å²) >= 11 is 3.56. The third kappa shape index (κ3) is 6.59. The van der Waals surface area contributed by atoms with Crippen LogP contribution in [0.2, 0.25) is 0 Å². The zero-order valence-corrected chi connectivity index (χ0v) is 15.0. The number of rotatable bonds is 10. The van der Waals surface area contributed by atoms with Crippen LogP contribution in [-0.2, 0) is 6.54 Å². The Balaban J connectivity index is 1.63. The van der Waals surface area contributed by atoms with Crippen molar-refractivity contribution in [3.05, 3.63) is 52.6 Å². The lowest BCUT2D eigenvalue weighted by atomic mass is 10.2. The molecule has 1 aromatic heterocycles. The maximum atomic E-state index is 5.65. The maximum absolute atomic E-state index is 5.65. The van der Waals surface area contributed by atoms with E-state index < -0.39 is 0 Å². The smallest absolute Gasteiger partial charge is 0.213 e. The fourth-order valence-corrected chi connectivity index (χ4v) is 2.56. The highest BCUT2D eigenvalue weighted by molar-refractivity contribution is 9.10. The van der Waals surface area contributed by atoms with E-state index in [0.717, 1.165) is 42.8 Å². The Hall–Kier alpha value is -1.59. The highest BCUT2D eigenvalue weighted by Crippen LogP contribution is 2.26. The van der Waals surface area contributed by atoms with Crippen LogP contribution in [0.3, 0.4) is 0 Å². The van der Waals surface area contributed by atoms with Gasteiger partial charge in [-0.3, -0.25) is 0 Å². The van der Waals surface area contributed by atoms with Crippen molar-refractivity contribution in [3.63, 3.8) is 0 Å². The summed E-state index contributed by atoms with van der Waals surface area (Å²) in [6.07, 6.45) is 3.69. The van der Waals surface area contributed by atoms with Gasteiger partial charge in [-0.15, -0.1) is 0 Å². The lowest BCUT2D eigenvalue weighted by molar-refractivity contribution is 0.296. The van der Waals surface area contributed by atoms with E-state index in [1.165, 1.54) is 5.56 Å². The Morgan fingerprint density at radius 1 is 1.13 bits per heavy atom. The van der Waals surface area contributed by atoms with E-state index in [1.54, 1.807) is 6.20 Å². The molecule has 0 radical (unpaired) electrons. The van der Waals surface area contributed by atoms with E-state index in [-0.39, 0.29) is 0 Å². The van der Waals surface area contributed by atoms with Crippen LogP contribution in [0.15, 0.2) is 47.1 Å². The average Bonchev–Trinajstić information content (AvgIpc) is 2.58. The fourth-order valence-electron chi connectivity index (χ4n) is 2.02. The summed E-state index contributed by atoms with van der Waals surface area (Å²) in [6, 6.07) is 11.9. The Bertz CT molecular complexity index is 578. The van der Waals surface area contributed by atoms with Crippen LogP contribution in [0.1, 0.15) is 25.3 Å². The molecule has 5 heteroatoms. The van der Waals surface area contributed by atoms with Gasteiger partial charge in [0.15, 0.2) is 0 Å². The molecule has 0 bridgehead atoms. The number of hydrogen-bond acceptors (Lipinski definition) is 4. The van der Waals surface area contributed by atoms with Crippen LogP contribution in [0.5, 0.6) is 11.6 Å². The van der Waals surface area contributed by atoms with Gasteiger partial charge in [0.25, 0.3) is 0 Å². The highest BCUT2D eigenvalue weighted by Gasteiger charge is 2.02. The largest absolute Gasteiger partial charge is 0.492 e. The van der Waals surface area contributed by atoms with Crippen molar-refractivity contribution in [2.75, 3.05) is 19.8 Å². The second-order valence-electron chi connectivity index (χ2n) is 5.16. The molecule has 0 spiro atoms. The van der Waals surface area contributed by atoms with Crippen LogP contribution in [0.4, 0.5) is 0 Å². The Morgan fingerprint density at radius 2 is 2.04 bits per heavy atom. The van der Waals surface area contributed by atoms with E-state index in [4.69, 9.17) is 9.47 Å². The van der Waals surface area contributed by atoms with Crippen LogP contribution < -0.4 is 14.8 Å². The number of halogens is 1. The first-order valence-electron chi connectivity index (χ1n) is 7.95. The van der Waals surface area contributed by atoms with E-state index in [2.05, 4.69) is 45.3 Å². The Morgan fingerprint density at radius 3 is 2.78 bits per heavy atom. The molecule has 1 N–H and O–H groups in total. The van der Waals surface area contributed by atoms with Crippen molar-refractivity contribution in [1.82, 2.24) is 10.3 Å². The summed E-state index contributed by atoms with van der Waals surface area (Å²) in [6.45, 7) is 5.24. The van der Waals surface area contributed by atoms with Gasteiger partial charge in [-0.25, -0.2) is 4.98 Å². The molecule has 1 aromatic carbocycles. The minimum atomic E-state index is 0.664. The molecule has 0 saturated carbocycles. The number of nitrogens with zero attached hydrogens (tertiary/aromatic N) is 1. The zero-order valence-electron chi connectivity index (χ0n) is 13.4. The highest BCUT2D eigenvalue weighted by atomic mass is 79.9. The van der Waals surface area contributed by atoms with Crippen molar-refractivity contribution in [1.29, 1.82) is 0 Å². The molecule has 0 amide bonds. The normalized spacial score (nSPS) is 10.5. The lowest BCUT2D eigenvalue weighted by Crippen LogP contribution is -2.17. The second-order valence-corrected chi connectivity index (χ2v) is 6.01. The van der Waals surface area contributed by atoms with Crippen molar-refractivity contribution in [3.8, 4) is 11.6 Å². The zero-order chi connectivity index (χ0) is 16.3. The second kappa shape index (κ2) is 10.2. The monoisotopic (exact) mass is 378 g/mol. The first-order chi connectivity index (χ1) is 11.3. The predicted octanol–water partition coefficient (Wildman–Crippen LogP) is 4.19. The molecule has 1 heterocycles. The van der Waals surface area contributed by atoms with Gasteiger partial charge in [0, 0.05) is 18.8 Å². The van der Waals surface area contributed by atoms with Crippen LogP contribution in [0.25, 0.3) is 0 Å². The van der Waals surface area contributed by atoms with Gasteiger partial charge < -0.3 is 14.8 Å². The number of nitrogens with one attached hydrogen (secondary N) is 1. The molecule has 2 rings (SSSR count). The summed E-state index contributed by atoms with van der Waals surface area (Å²) < 4.78 is 12.2. The summed E-state index contributed by atoms with van der Waals surface area (Å²) in [5, 5.41) is 3.42. The molecule has 2 aromatic rings. The maximum Gasteiger partial charge on any atom is 0.213 e. The van der Waals surface area contributed by atoms with Crippen LogP contribution >= 0.6 is 15.9 Å². The predicted molar refractivity (Wildman–Crippen MR) is 96.0 cm³/mol. The molecule has 124 valence electrons. The number of ether oxygens (including phenoxy) is 2. The van der Waals surface area contributed by atoms with Gasteiger partial charge in [0.05, 0.1) is 17.7 Å². The first-order valence-corrected chi connectivity index (χ1v) is 8.74. The first kappa shape index (κ1) is 17.8. The van der Waals surface area contributed by atoms with Gasteiger partial charge in [0.1, 0.15) is 5.75 Å². The number of pyridine rings is 1. The van der Waals surface area contributed by atoms with Crippen molar-refractivity contribution in [2.45, 2.75) is 26.3 Å². The molecule has 23 heavy (non-hydrogen) atoms. The summed E-state index contributed by atoms with van der Waals surface area (Å²) in [4.78, 5) is 4.12. The van der Waals surface area contributed by atoms with Gasteiger partial charge >= 0.3 is 0 Å². The molecule has 0 fully saturated rings. The van der Waals surface area contributed by atoms with Gasteiger partial charge in [-0.2, -0.15) is 0 Å². The van der Waals surface area contributed by atoms with Crippen LogP contribution in [0, 0.1) is 0 Å². The van der Waals surface area contributed by atoms with E-state index in [0.29, 0.717) is 12.5 Å². The van der Waals surface area contributed by atoms with Crippen molar-refractivity contribution < 1.29 is 9.47 Å². The third-order valence-corrected chi connectivity index (χ3v) is 3.79. The minimum Gasteiger partial charge on any atom is -0.492 e. The topological polar surface area (TPSA) is 43.4 Å². The lowest BCUT2D eigenvalue weighted by Gasteiger charge is -2.10. The van der Waals surface area contributed by atoms with E-state index in [1.807, 2.05) is 24.3 Å². The molecule has 0 saturated heterocycles. The molecule has 0 aliphatic carbocycles. The summed E-state index contributed by atoms with van der Waals surface area (Å²) in [5.41, 5.74) is 1.23. The number of benzene rings is 1. The van der Waals surface area contributed by atoms with Crippen molar-refractivity contribution >= 4 is 15.9 Å². The Kier molecular flexibility index (Phi) is 7.90.